The molecule has 2 aliphatic rings. The van der Waals surface area contributed by atoms with Crippen LogP contribution in [-0.4, -0.2) is 38.7 Å². The van der Waals surface area contributed by atoms with Crippen molar-refractivity contribution in [2.75, 3.05) is 16.8 Å². The summed E-state index contributed by atoms with van der Waals surface area (Å²) in [4.78, 5) is 39.7. The van der Waals surface area contributed by atoms with Crippen molar-refractivity contribution in [2.24, 2.45) is 0 Å². The molecule has 4 rings (SSSR count). The molecule has 0 spiro atoms. The van der Waals surface area contributed by atoms with Crippen LogP contribution in [0, 0.1) is 0 Å². The van der Waals surface area contributed by atoms with Crippen LogP contribution < -0.4 is 10.2 Å². The number of ketones is 1. The molecular formula is C16H17N5O2S. The van der Waals surface area contributed by atoms with E-state index in [1.54, 1.807) is 17.8 Å². The summed E-state index contributed by atoms with van der Waals surface area (Å²) in [5.74, 6) is 1.12. The number of anilines is 2. The molecule has 1 N–H and O–H groups in total. The molecule has 1 saturated heterocycles. The lowest BCUT2D eigenvalue weighted by Crippen LogP contribution is -2.56. The number of carbonyl (C=O) groups excluding carboxylic acids is 2. The molecule has 1 amide bonds. The Morgan fingerprint density at radius 3 is 3.08 bits per heavy atom. The molecule has 2 aromatic heterocycles. The summed E-state index contributed by atoms with van der Waals surface area (Å²) in [6.45, 7) is 2.82. The molecule has 1 atom stereocenters. The first-order valence-corrected chi connectivity index (χ1v) is 8.90. The number of nitrogens with one attached hydrogen (secondary N) is 1. The van der Waals surface area contributed by atoms with Gasteiger partial charge in [0.2, 0.25) is 5.91 Å². The topological polar surface area (TPSA) is 88.1 Å². The fourth-order valence-electron chi connectivity index (χ4n) is 3.56. The molecule has 0 unspecified atom stereocenters. The summed E-state index contributed by atoms with van der Waals surface area (Å²) in [5, 5.41) is 5.17. The van der Waals surface area contributed by atoms with E-state index >= 15 is 0 Å². The van der Waals surface area contributed by atoms with E-state index in [0.717, 1.165) is 31.6 Å². The van der Waals surface area contributed by atoms with Gasteiger partial charge in [0.1, 0.15) is 17.1 Å². The molecular weight excluding hydrogens is 326 g/mol. The lowest BCUT2D eigenvalue weighted by Gasteiger charge is -2.41. The number of hydrogen-bond acceptors (Lipinski definition) is 7. The van der Waals surface area contributed by atoms with Gasteiger partial charge in [0.15, 0.2) is 16.6 Å². The van der Waals surface area contributed by atoms with Crippen LogP contribution in [0.4, 0.5) is 11.5 Å². The number of Topliss-reactive ketones (excluding diaryl/α,β-unsaturated/α-hetero) is 1. The number of hydrogen-bond donors (Lipinski definition) is 1. The Balaban J connectivity index is 1.67. The minimum atomic E-state index is -0.516. The first kappa shape index (κ1) is 15.2. The smallest absolute Gasteiger partial charge is 0.250 e. The van der Waals surface area contributed by atoms with Crippen LogP contribution in [0.2, 0.25) is 0 Å². The Labute approximate surface area is 143 Å². The van der Waals surface area contributed by atoms with Crippen LogP contribution >= 0.6 is 11.3 Å². The molecule has 124 valence electrons. The summed E-state index contributed by atoms with van der Waals surface area (Å²) in [5.41, 5.74) is 0.106. The van der Waals surface area contributed by atoms with Crippen molar-refractivity contribution in [2.45, 2.75) is 38.1 Å². The van der Waals surface area contributed by atoms with Gasteiger partial charge in [0, 0.05) is 18.1 Å². The number of thiazole rings is 1. The second-order valence-electron chi connectivity index (χ2n) is 6.06. The van der Waals surface area contributed by atoms with Crippen molar-refractivity contribution < 1.29 is 9.59 Å². The molecule has 2 aromatic rings. The fraction of sp³-hybridized carbons (Fsp3) is 0.438. The zero-order chi connectivity index (χ0) is 16.7. The van der Waals surface area contributed by atoms with Gasteiger partial charge in [0.25, 0.3) is 0 Å². The van der Waals surface area contributed by atoms with Crippen molar-refractivity contribution in [1.29, 1.82) is 0 Å². The zero-order valence-corrected chi connectivity index (χ0v) is 14.1. The molecule has 0 radical (unpaired) electrons. The van der Waals surface area contributed by atoms with E-state index in [2.05, 4.69) is 25.2 Å². The van der Waals surface area contributed by atoms with Crippen LogP contribution in [-0.2, 0) is 11.2 Å². The quantitative estimate of drug-likeness (QED) is 0.855. The molecule has 2 aliphatic heterocycles. The summed E-state index contributed by atoms with van der Waals surface area (Å²) in [7, 11) is 0. The van der Waals surface area contributed by atoms with Gasteiger partial charge in [-0.05, 0) is 19.3 Å². The highest BCUT2D eigenvalue weighted by Gasteiger charge is 2.50. The number of fused-ring (bicyclic) bond motifs is 3. The monoisotopic (exact) mass is 343 g/mol. The highest BCUT2D eigenvalue weighted by molar-refractivity contribution is 7.11. The number of amides is 1. The van der Waals surface area contributed by atoms with Gasteiger partial charge >= 0.3 is 0 Å². The van der Waals surface area contributed by atoms with Gasteiger partial charge in [-0.15, -0.1) is 11.3 Å². The second kappa shape index (κ2) is 5.62. The van der Waals surface area contributed by atoms with E-state index in [1.165, 1.54) is 11.3 Å². The average molecular weight is 343 g/mol. The van der Waals surface area contributed by atoms with Gasteiger partial charge in [-0.2, -0.15) is 0 Å². The van der Waals surface area contributed by atoms with Gasteiger partial charge in [-0.1, -0.05) is 6.92 Å². The maximum absolute atomic E-state index is 12.5. The lowest BCUT2D eigenvalue weighted by molar-refractivity contribution is -0.121. The first-order chi connectivity index (χ1) is 11.6. The van der Waals surface area contributed by atoms with E-state index < -0.39 is 5.54 Å². The highest BCUT2D eigenvalue weighted by atomic mass is 32.1. The fourth-order valence-corrected chi connectivity index (χ4v) is 4.13. The Morgan fingerprint density at radius 2 is 2.33 bits per heavy atom. The van der Waals surface area contributed by atoms with Crippen molar-refractivity contribution in [3.8, 4) is 0 Å². The van der Waals surface area contributed by atoms with Gasteiger partial charge in [0.05, 0.1) is 12.6 Å². The Hall–Kier alpha value is -2.35. The number of aromatic nitrogens is 3. The minimum absolute atomic E-state index is 0.0187. The standard InChI is InChI=1S/C16H17N5O2S/c1-2-16-4-3-6-21(16)13-10(19-15(16)23)9-18-12(20-13)8-11(22)14-17-5-7-24-14/h5,7,9H,2-4,6,8H2,1H3,(H,19,23)/t16-/m0/s1. The zero-order valence-electron chi connectivity index (χ0n) is 13.3. The van der Waals surface area contributed by atoms with Crippen molar-refractivity contribution >= 4 is 34.5 Å². The van der Waals surface area contributed by atoms with Crippen molar-refractivity contribution in [3.63, 3.8) is 0 Å². The Morgan fingerprint density at radius 1 is 1.46 bits per heavy atom. The summed E-state index contributed by atoms with van der Waals surface area (Å²) < 4.78 is 0. The van der Waals surface area contributed by atoms with Gasteiger partial charge < -0.3 is 10.2 Å². The molecule has 24 heavy (non-hydrogen) atoms. The predicted octanol–water partition coefficient (Wildman–Crippen LogP) is 2.06. The van der Waals surface area contributed by atoms with Gasteiger partial charge in [-0.25, -0.2) is 15.0 Å². The van der Waals surface area contributed by atoms with E-state index in [1.807, 2.05) is 6.92 Å². The van der Waals surface area contributed by atoms with E-state index in [-0.39, 0.29) is 18.1 Å². The van der Waals surface area contributed by atoms with E-state index in [9.17, 15) is 9.59 Å². The highest BCUT2D eigenvalue weighted by Crippen LogP contribution is 2.43. The summed E-state index contributed by atoms with van der Waals surface area (Å²) in [6, 6.07) is 0. The second-order valence-corrected chi connectivity index (χ2v) is 6.95. The molecule has 0 bridgehead atoms. The van der Waals surface area contributed by atoms with E-state index in [4.69, 9.17) is 0 Å². The maximum Gasteiger partial charge on any atom is 0.250 e. The van der Waals surface area contributed by atoms with Crippen LogP contribution in [0.15, 0.2) is 17.8 Å². The van der Waals surface area contributed by atoms with Crippen molar-refractivity contribution in [3.05, 3.63) is 28.6 Å². The molecule has 0 aliphatic carbocycles. The Bertz CT molecular complexity index is 807. The van der Waals surface area contributed by atoms with Crippen molar-refractivity contribution in [1.82, 2.24) is 15.0 Å². The molecule has 1 fully saturated rings. The van der Waals surface area contributed by atoms with Crippen LogP contribution in [0.3, 0.4) is 0 Å². The van der Waals surface area contributed by atoms with Crippen LogP contribution in [0.25, 0.3) is 0 Å². The number of rotatable bonds is 4. The van der Waals surface area contributed by atoms with Crippen LogP contribution in [0.5, 0.6) is 0 Å². The lowest BCUT2D eigenvalue weighted by atomic mass is 9.90. The molecule has 8 heteroatoms. The maximum atomic E-state index is 12.5. The third kappa shape index (κ3) is 2.21. The summed E-state index contributed by atoms with van der Waals surface area (Å²) >= 11 is 1.31. The first-order valence-electron chi connectivity index (χ1n) is 8.02. The van der Waals surface area contributed by atoms with Crippen LogP contribution in [0.1, 0.15) is 41.8 Å². The number of carbonyl (C=O) groups is 2. The van der Waals surface area contributed by atoms with E-state index in [0.29, 0.717) is 16.5 Å². The molecule has 4 heterocycles. The minimum Gasteiger partial charge on any atom is -0.340 e. The predicted molar refractivity (Wildman–Crippen MR) is 90.4 cm³/mol. The molecule has 7 nitrogen and oxygen atoms in total. The SMILES string of the molecule is CC[C@@]12CCCN1c1nc(CC(=O)c3nccs3)ncc1NC2=O. The third-order valence-corrected chi connectivity index (χ3v) is 5.62. The summed E-state index contributed by atoms with van der Waals surface area (Å²) in [6.07, 6.45) is 5.84. The number of nitrogens with zero attached hydrogens (tertiary/aromatic N) is 4. The molecule has 0 aromatic carbocycles. The molecule has 0 saturated carbocycles. The largest absolute Gasteiger partial charge is 0.340 e. The van der Waals surface area contributed by atoms with Gasteiger partial charge in [-0.3, -0.25) is 9.59 Å². The Kier molecular flexibility index (Phi) is 3.56. The third-order valence-electron chi connectivity index (χ3n) is 4.81. The average Bonchev–Trinajstić information content (AvgIpc) is 3.26. The normalized spacial score (nSPS) is 22.0.